The highest BCUT2D eigenvalue weighted by Gasteiger charge is 2.23. The van der Waals surface area contributed by atoms with Gasteiger partial charge in [0.25, 0.3) is 0 Å². The number of anilines is 2. The molecule has 17 heavy (non-hydrogen) atoms. The lowest BCUT2D eigenvalue weighted by molar-refractivity contribution is 0.475. The van der Waals surface area contributed by atoms with E-state index in [-0.39, 0.29) is 0 Å². The Labute approximate surface area is 108 Å². The van der Waals surface area contributed by atoms with E-state index in [1.54, 1.807) is 0 Å². The zero-order valence-corrected chi connectivity index (χ0v) is 11.5. The van der Waals surface area contributed by atoms with Crippen molar-refractivity contribution in [2.24, 2.45) is 0 Å². The largest absolute Gasteiger partial charge is 0.399 e. The van der Waals surface area contributed by atoms with Crippen LogP contribution in [0.4, 0.5) is 11.4 Å². The molecule has 1 aromatic rings. The van der Waals surface area contributed by atoms with Crippen LogP contribution in [0.2, 0.25) is 0 Å². The summed E-state index contributed by atoms with van der Waals surface area (Å²) < 4.78 is 0. The number of nitrogens with two attached hydrogens (primary N) is 1. The summed E-state index contributed by atoms with van der Waals surface area (Å²) in [6, 6.07) is 6.83. The van der Waals surface area contributed by atoms with Gasteiger partial charge in [0.15, 0.2) is 0 Å². The van der Waals surface area contributed by atoms with Crippen LogP contribution in [0, 0.1) is 6.92 Å². The highest BCUT2D eigenvalue weighted by atomic mass is 32.2. The van der Waals surface area contributed by atoms with Gasteiger partial charge in [0.05, 0.1) is 0 Å². The van der Waals surface area contributed by atoms with Crippen molar-refractivity contribution in [2.75, 3.05) is 17.3 Å². The van der Waals surface area contributed by atoms with Crippen LogP contribution in [0.15, 0.2) is 18.2 Å². The van der Waals surface area contributed by atoms with E-state index in [1.165, 1.54) is 36.9 Å². The number of benzene rings is 1. The summed E-state index contributed by atoms with van der Waals surface area (Å²) in [7, 11) is 0. The van der Waals surface area contributed by atoms with Gasteiger partial charge in [0.2, 0.25) is 0 Å². The fourth-order valence-corrected chi connectivity index (χ4v) is 3.59. The third-order valence-corrected chi connectivity index (χ3v) is 4.63. The van der Waals surface area contributed by atoms with Crippen molar-refractivity contribution in [2.45, 2.75) is 43.9 Å². The lowest BCUT2D eigenvalue weighted by Gasteiger charge is -2.31. The molecule has 0 spiro atoms. The summed E-state index contributed by atoms with van der Waals surface area (Å²) >= 11 is 1.99. The van der Waals surface area contributed by atoms with Crippen molar-refractivity contribution in [1.82, 2.24) is 0 Å². The molecule has 0 saturated heterocycles. The summed E-state index contributed by atoms with van der Waals surface area (Å²) in [6.45, 7) is 2.09. The predicted octanol–water partition coefficient (Wildman–Crippen LogP) is 3.66. The molecular formula is C14H22N2S. The second kappa shape index (κ2) is 5.67. The van der Waals surface area contributed by atoms with E-state index in [0.29, 0.717) is 6.04 Å². The minimum absolute atomic E-state index is 0.597. The Kier molecular flexibility index (Phi) is 4.21. The van der Waals surface area contributed by atoms with Crippen LogP contribution in [0.3, 0.4) is 0 Å². The standard InChI is InChI=1S/C14H22N2S/c1-10-7-11(15)9-12(8-10)16-13-5-3-4-6-14(13)17-2/h7-9,13-14,16H,3-6,15H2,1-2H3. The maximum absolute atomic E-state index is 5.89. The van der Waals surface area contributed by atoms with E-state index >= 15 is 0 Å². The average Bonchev–Trinajstić information content (AvgIpc) is 2.28. The van der Waals surface area contributed by atoms with E-state index in [4.69, 9.17) is 5.73 Å². The molecule has 2 atom stereocenters. The number of aryl methyl sites for hydroxylation is 1. The van der Waals surface area contributed by atoms with Crippen molar-refractivity contribution in [1.29, 1.82) is 0 Å². The molecule has 2 unspecified atom stereocenters. The van der Waals surface area contributed by atoms with E-state index < -0.39 is 0 Å². The maximum Gasteiger partial charge on any atom is 0.0379 e. The van der Waals surface area contributed by atoms with Crippen molar-refractivity contribution in [3.05, 3.63) is 23.8 Å². The second-order valence-electron chi connectivity index (χ2n) is 4.94. The molecule has 0 aromatic heterocycles. The van der Waals surface area contributed by atoms with Gasteiger partial charge < -0.3 is 11.1 Å². The molecule has 2 rings (SSSR count). The first-order valence-electron chi connectivity index (χ1n) is 6.35. The zero-order chi connectivity index (χ0) is 12.3. The van der Waals surface area contributed by atoms with Gasteiger partial charge in [-0.2, -0.15) is 11.8 Å². The minimum Gasteiger partial charge on any atom is -0.399 e. The predicted molar refractivity (Wildman–Crippen MR) is 78.8 cm³/mol. The fraction of sp³-hybridized carbons (Fsp3) is 0.571. The Hall–Kier alpha value is -0.830. The van der Waals surface area contributed by atoms with Crippen molar-refractivity contribution in [3.63, 3.8) is 0 Å². The van der Waals surface area contributed by atoms with Gasteiger partial charge in [0, 0.05) is 22.7 Å². The number of rotatable bonds is 3. The molecule has 0 amide bonds. The van der Waals surface area contributed by atoms with Crippen molar-refractivity contribution in [3.8, 4) is 0 Å². The van der Waals surface area contributed by atoms with Gasteiger partial charge in [-0.3, -0.25) is 0 Å². The summed E-state index contributed by atoms with van der Waals surface area (Å²) in [5, 5.41) is 4.40. The van der Waals surface area contributed by atoms with Crippen LogP contribution in [0.5, 0.6) is 0 Å². The second-order valence-corrected chi connectivity index (χ2v) is 6.02. The number of hydrogen-bond acceptors (Lipinski definition) is 3. The molecule has 2 nitrogen and oxygen atoms in total. The van der Waals surface area contributed by atoms with E-state index in [0.717, 1.165) is 10.9 Å². The Bertz CT molecular complexity index is 358. The smallest absolute Gasteiger partial charge is 0.0379 e. The first kappa shape index (κ1) is 12.6. The number of nitrogens with one attached hydrogen (secondary N) is 1. The maximum atomic E-state index is 5.89. The SMILES string of the molecule is CSC1CCCCC1Nc1cc(C)cc(N)c1. The van der Waals surface area contributed by atoms with Gasteiger partial charge in [-0.1, -0.05) is 12.8 Å². The average molecular weight is 250 g/mol. The first-order chi connectivity index (χ1) is 8.19. The first-order valence-corrected chi connectivity index (χ1v) is 7.64. The molecule has 1 saturated carbocycles. The number of thioether (sulfide) groups is 1. The summed E-state index contributed by atoms with van der Waals surface area (Å²) in [6.07, 6.45) is 7.55. The molecule has 1 aliphatic carbocycles. The molecule has 0 radical (unpaired) electrons. The molecule has 3 heteroatoms. The molecular weight excluding hydrogens is 228 g/mol. The summed E-state index contributed by atoms with van der Waals surface area (Å²) in [4.78, 5) is 0. The van der Waals surface area contributed by atoms with Crippen LogP contribution in [0.25, 0.3) is 0 Å². The topological polar surface area (TPSA) is 38.0 Å². The molecule has 3 N–H and O–H groups in total. The third kappa shape index (κ3) is 3.32. The van der Waals surface area contributed by atoms with Crippen LogP contribution < -0.4 is 11.1 Å². The van der Waals surface area contributed by atoms with Crippen LogP contribution in [-0.2, 0) is 0 Å². The van der Waals surface area contributed by atoms with E-state index in [1.807, 2.05) is 23.9 Å². The monoisotopic (exact) mass is 250 g/mol. The van der Waals surface area contributed by atoms with Crippen molar-refractivity contribution >= 4 is 23.1 Å². The van der Waals surface area contributed by atoms with Crippen LogP contribution >= 0.6 is 11.8 Å². The van der Waals surface area contributed by atoms with Gasteiger partial charge in [-0.15, -0.1) is 0 Å². The molecule has 0 heterocycles. The highest BCUT2D eigenvalue weighted by molar-refractivity contribution is 7.99. The number of nitrogen functional groups attached to an aromatic ring is 1. The Morgan fingerprint density at radius 3 is 2.71 bits per heavy atom. The molecule has 0 aliphatic heterocycles. The van der Waals surface area contributed by atoms with E-state index in [9.17, 15) is 0 Å². The van der Waals surface area contributed by atoms with Gasteiger partial charge in [-0.05, 0) is 49.8 Å². The quantitative estimate of drug-likeness (QED) is 0.804. The summed E-state index contributed by atoms with van der Waals surface area (Å²) in [5.74, 6) is 0. The molecule has 1 aliphatic rings. The van der Waals surface area contributed by atoms with Gasteiger partial charge in [0.1, 0.15) is 0 Å². The van der Waals surface area contributed by atoms with Crippen molar-refractivity contribution < 1.29 is 0 Å². The van der Waals surface area contributed by atoms with Crippen LogP contribution in [-0.4, -0.2) is 17.5 Å². The third-order valence-electron chi connectivity index (χ3n) is 3.46. The van der Waals surface area contributed by atoms with Gasteiger partial charge in [-0.25, -0.2) is 0 Å². The normalized spacial score (nSPS) is 24.6. The lowest BCUT2D eigenvalue weighted by Crippen LogP contribution is -2.34. The molecule has 0 bridgehead atoms. The fourth-order valence-electron chi connectivity index (χ4n) is 2.65. The Morgan fingerprint density at radius 2 is 2.00 bits per heavy atom. The minimum atomic E-state index is 0.597. The lowest BCUT2D eigenvalue weighted by atomic mass is 9.94. The van der Waals surface area contributed by atoms with E-state index in [2.05, 4.69) is 24.6 Å². The molecule has 94 valence electrons. The highest BCUT2D eigenvalue weighted by Crippen LogP contribution is 2.30. The van der Waals surface area contributed by atoms with Crippen LogP contribution in [0.1, 0.15) is 31.2 Å². The summed E-state index contributed by atoms with van der Waals surface area (Å²) in [5.41, 5.74) is 9.14. The number of hydrogen-bond donors (Lipinski definition) is 2. The van der Waals surface area contributed by atoms with Gasteiger partial charge >= 0.3 is 0 Å². The Balaban J connectivity index is 2.08. The molecule has 1 aromatic carbocycles. The Morgan fingerprint density at radius 1 is 1.24 bits per heavy atom. The molecule has 1 fully saturated rings. The zero-order valence-electron chi connectivity index (χ0n) is 10.7.